The van der Waals surface area contributed by atoms with Gasteiger partial charge in [0.1, 0.15) is 0 Å². The highest BCUT2D eigenvalue weighted by Crippen LogP contribution is 2.23. The molecule has 0 aromatic heterocycles. The van der Waals surface area contributed by atoms with E-state index in [0.717, 1.165) is 18.6 Å². The molecular formula is C9H14O. The first-order valence-electron chi connectivity index (χ1n) is 3.62. The van der Waals surface area contributed by atoms with Crippen LogP contribution < -0.4 is 0 Å². The number of rotatable bonds is 1. The van der Waals surface area contributed by atoms with Gasteiger partial charge in [-0.3, -0.25) is 0 Å². The van der Waals surface area contributed by atoms with E-state index in [-0.39, 0.29) is 0 Å². The van der Waals surface area contributed by atoms with Crippen LogP contribution in [-0.4, -0.2) is 7.11 Å². The van der Waals surface area contributed by atoms with Crippen molar-refractivity contribution in [2.75, 3.05) is 7.11 Å². The highest BCUT2D eigenvalue weighted by Gasteiger charge is 2.07. The van der Waals surface area contributed by atoms with Crippen molar-refractivity contribution >= 4 is 0 Å². The monoisotopic (exact) mass is 138 g/mol. The van der Waals surface area contributed by atoms with Crippen LogP contribution in [-0.2, 0) is 4.74 Å². The van der Waals surface area contributed by atoms with E-state index in [0.29, 0.717) is 0 Å². The van der Waals surface area contributed by atoms with Crippen LogP contribution in [0.25, 0.3) is 0 Å². The fourth-order valence-corrected chi connectivity index (χ4v) is 1.16. The molecule has 1 aliphatic carbocycles. The Hall–Kier alpha value is -0.720. The average Bonchev–Trinajstić information content (AvgIpc) is 1.94. The minimum Gasteiger partial charge on any atom is -0.501 e. The lowest BCUT2D eigenvalue weighted by atomic mass is 10.00. The summed E-state index contributed by atoms with van der Waals surface area (Å²) < 4.78 is 5.21. The van der Waals surface area contributed by atoms with Gasteiger partial charge in [0.15, 0.2) is 0 Å². The number of ether oxygens (including phenoxy) is 1. The quantitative estimate of drug-likeness (QED) is 0.506. The normalized spacial score (nSPS) is 18.9. The molecule has 56 valence electrons. The number of methoxy groups -OCH3 is 1. The minimum atomic E-state index is 1.00. The summed E-state index contributed by atoms with van der Waals surface area (Å²) in [6.07, 6.45) is 4.33. The molecule has 0 saturated carbocycles. The van der Waals surface area contributed by atoms with Gasteiger partial charge in [-0.1, -0.05) is 11.6 Å². The van der Waals surface area contributed by atoms with Crippen LogP contribution in [0.15, 0.2) is 23.0 Å². The largest absolute Gasteiger partial charge is 0.501 e. The summed E-state index contributed by atoms with van der Waals surface area (Å²) in [6.45, 7) is 4.27. The van der Waals surface area contributed by atoms with Crippen LogP contribution in [0.3, 0.4) is 0 Å². The molecule has 0 aromatic rings. The number of allylic oxidation sites excluding steroid dienone is 3. The Balaban J connectivity index is 2.69. The van der Waals surface area contributed by atoms with Gasteiger partial charge in [-0.05, 0) is 25.8 Å². The standard InChI is InChI=1S/C9H14O/c1-7-4-5-8(2)9(6-7)10-3/h4H,5-6H2,1-3H3. The molecule has 10 heavy (non-hydrogen) atoms. The van der Waals surface area contributed by atoms with E-state index in [1.807, 2.05) is 0 Å². The Kier molecular flexibility index (Phi) is 2.15. The molecule has 1 heteroatoms. The first-order chi connectivity index (χ1) is 4.74. The Morgan fingerprint density at radius 2 is 2.10 bits per heavy atom. The second-order valence-electron chi connectivity index (χ2n) is 2.84. The molecule has 0 aromatic carbocycles. The highest BCUT2D eigenvalue weighted by atomic mass is 16.5. The predicted molar refractivity (Wildman–Crippen MR) is 42.7 cm³/mol. The summed E-state index contributed by atoms with van der Waals surface area (Å²) in [5, 5.41) is 0. The van der Waals surface area contributed by atoms with Crippen molar-refractivity contribution < 1.29 is 4.74 Å². The van der Waals surface area contributed by atoms with Gasteiger partial charge in [0.05, 0.1) is 12.9 Å². The van der Waals surface area contributed by atoms with Crippen molar-refractivity contribution in [2.24, 2.45) is 0 Å². The van der Waals surface area contributed by atoms with Gasteiger partial charge in [0.2, 0.25) is 0 Å². The van der Waals surface area contributed by atoms with Gasteiger partial charge >= 0.3 is 0 Å². The van der Waals surface area contributed by atoms with Gasteiger partial charge in [-0.25, -0.2) is 0 Å². The maximum Gasteiger partial charge on any atom is 0.0987 e. The SMILES string of the molecule is COC1=C(C)CC=C(C)C1. The summed E-state index contributed by atoms with van der Waals surface area (Å²) >= 11 is 0. The van der Waals surface area contributed by atoms with E-state index >= 15 is 0 Å². The van der Waals surface area contributed by atoms with Gasteiger partial charge < -0.3 is 4.74 Å². The zero-order valence-corrected chi connectivity index (χ0v) is 6.90. The van der Waals surface area contributed by atoms with E-state index in [1.165, 1.54) is 11.1 Å². The van der Waals surface area contributed by atoms with Crippen LogP contribution >= 0.6 is 0 Å². The van der Waals surface area contributed by atoms with E-state index in [2.05, 4.69) is 19.9 Å². The van der Waals surface area contributed by atoms with Crippen molar-refractivity contribution in [3.63, 3.8) is 0 Å². The van der Waals surface area contributed by atoms with Crippen molar-refractivity contribution in [1.29, 1.82) is 0 Å². The zero-order chi connectivity index (χ0) is 7.56. The van der Waals surface area contributed by atoms with E-state index < -0.39 is 0 Å². The summed E-state index contributed by atoms with van der Waals surface area (Å²) in [5.74, 6) is 1.15. The van der Waals surface area contributed by atoms with Crippen molar-refractivity contribution in [2.45, 2.75) is 26.7 Å². The highest BCUT2D eigenvalue weighted by molar-refractivity contribution is 5.23. The Morgan fingerprint density at radius 3 is 2.60 bits per heavy atom. The van der Waals surface area contributed by atoms with Crippen molar-refractivity contribution in [3.05, 3.63) is 23.0 Å². The molecule has 1 nitrogen and oxygen atoms in total. The van der Waals surface area contributed by atoms with E-state index in [1.54, 1.807) is 7.11 Å². The molecule has 0 heterocycles. The molecule has 0 radical (unpaired) electrons. The van der Waals surface area contributed by atoms with Crippen LogP contribution in [0, 0.1) is 0 Å². The van der Waals surface area contributed by atoms with Crippen molar-refractivity contribution in [3.8, 4) is 0 Å². The average molecular weight is 138 g/mol. The van der Waals surface area contributed by atoms with Crippen LogP contribution in [0.1, 0.15) is 26.7 Å². The molecule has 0 N–H and O–H groups in total. The number of hydrogen-bond donors (Lipinski definition) is 0. The van der Waals surface area contributed by atoms with Crippen LogP contribution in [0.2, 0.25) is 0 Å². The zero-order valence-electron chi connectivity index (χ0n) is 6.90. The molecule has 1 rings (SSSR count). The molecule has 0 amide bonds. The molecule has 0 fully saturated rings. The summed E-state index contributed by atoms with van der Waals surface area (Å²) in [4.78, 5) is 0. The molecule has 0 saturated heterocycles. The lowest BCUT2D eigenvalue weighted by molar-refractivity contribution is 0.275. The second kappa shape index (κ2) is 2.91. The summed E-state index contributed by atoms with van der Waals surface area (Å²) in [5.41, 5.74) is 2.79. The lowest BCUT2D eigenvalue weighted by Gasteiger charge is -2.14. The van der Waals surface area contributed by atoms with E-state index in [4.69, 9.17) is 4.74 Å². The minimum absolute atomic E-state index is 1.00. The third-order valence-corrected chi connectivity index (χ3v) is 1.92. The molecular weight excluding hydrogens is 124 g/mol. The first-order valence-corrected chi connectivity index (χ1v) is 3.62. The maximum absolute atomic E-state index is 5.21. The van der Waals surface area contributed by atoms with Gasteiger partial charge in [-0.2, -0.15) is 0 Å². The first kappa shape index (κ1) is 7.39. The van der Waals surface area contributed by atoms with E-state index in [9.17, 15) is 0 Å². The van der Waals surface area contributed by atoms with Crippen LogP contribution in [0.5, 0.6) is 0 Å². The fraction of sp³-hybridized carbons (Fsp3) is 0.556. The Labute approximate surface area is 62.4 Å². The molecule has 0 aliphatic heterocycles. The maximum atomic E-state index is 5.21. The molecule has 0 bridgehead atoms. The Bertz CT molecular complexity index is 187. The topological polar surface area (TPSA) is 9.23 Å². The smallest absolute Gasteiger partial charge is 0.0987 e. The predicted octanol–water partition coefficient (Wildman–Crippen LogP) is 2.65. The van der Waals surface area contributed by atoms with Crippen molar-refractivity contribution in [1.82, 2.24) is 0 Å². The molecule has 0 atom stereocenters. The third kappa shape index (κ3) is 1.41. The summed E-state index contributed by atoms with van der Waals surface area (Å²) in [6, 6.07) is 0. The lowest BCUT2D eigenvalue weighted by Crippen LogP contribution is -1.97. The van der Waals surface area contributed by atoms with Gasteiger partial charge in [0.25, 0.3) is 0 Å². The Morgan fingerprint density at radius 1 is 1.40 bits per heavy atom. The van der Waals surface area contributed by atoms with Gasteiger partial charge in [0, 0.05) is 6.42 Å². The van der Waals surface area contributed by atoms with Crippen LogP contribution in [0.4, 0.5) is 0 Å². The third-order valence-electron chi connectivity index (χ3n) is 1.92. The number of hydrogen-bond acceptors (Lipinski definition) is 1. The molecule has 0 spiro atoms. The summed E-state index contributed by atoms with van der Waals surface area (Å²) in [7, 11) is 1.75. The molecule has 1 aliphatic rings. The molecule has 0 unspecified atom stereocenters. The van der Waals surface area contributed by atoms with Gasteiger partial charge in [-0.15, -0.1) is 0 Å². The fourth-order valence-electron chi connectivity index (χ4n) is 1.16. The second-order valence-corrected chi connectivity index (χ2v) is 2.84.